The molecule has 1 heterocycles. The van der Waals surface area contributed by atoms with Crippen LogP contribution in [0, 0.1) is 0 Å². The predicted octanol–water partition coefficient (Wildman–Crippen LogP) is -1.03. The summed E-state index contributed by atoms with van der Waals surface area (Å²) in [6.45, 7) is 0. The first kappa shape index (κ1) is 9.33. The first-order chi connectivity index (χ1) is 6.47. The molecule has 0 fully saturated rings. The Morgan fingerprint density at radius 1 is 1.43 bits per heavy atom. The maximum atomic E-state index is 10.9. The fraction of sp³-hybridized carbons (Fsp3) is 0. The van der Waals surface area contributed by atoms with Gasteiger partial charge in [0.05, 0.1) is 0 Å². The number of anilines is 1. The predicted molar refractivity (Wildman–Crippen MR) is 48.9 cm³/mol. The summed E-state index contributed by atoms with van der Waals surface area (Å²) in [7, 11) is 0. The molecule has 7 heteroatoms. The third-order valence-electron chi connectivity index (χ3n) is 1.72. The number of nitrogens with two attached hydrogens (primary N) is 1. The van der Waals surface area contributed by atoms with Crippen LogP contribution in [0.4, 0.5) is 6.01 Å². The monoisotopic (exact) mass is 258 g/mol. The molecule has 0 atom stereocenters. The van der Waals surface area contributed by atoms with Gasteiger partial charge in [0.15, 0.2) is 0 Å². The van der Waals surface area contributed by atoms with Crippen molar-refractivity contribution in [1.29, 1.82) is 0 Å². The van der Waals surface area contributed by atoms with Gasteiger partial charge in [0.25, 0.3) is 0 Å². The van der Waals surface area contributed by atoms with Crippen LogP contribution in [-0.4, -0.2) is 27.3 Å². The van der Waals surface area contributed by atoms with Crippen molar-refractivity contribution in [2.24, 2.45) is 0 Å². The van der Waals surface area contributed by atoms with Gasteiger partial charge in [0, 0.05) is 0 Å². The molecule has 0 amide bonds. The number of nitrogens with zero attached hydrogens (tertiary/aromatic N) is 1. The van der Waals surface area contributed by atoms with E-state index >= 15 is 0 Å². The average Bonchev–Trinajstić information content (AvgIpc) is 2.41. The van der Waals surface area contributed by atoms with Crippen LogP contribution < -0.4 is 10.1 Å². The number of benzene rings is 1. The van der Waals surface area contributed by atoms with Gasteiger partial charge < -0.3 is 0 Å². The second-order valence-corrected chi connectivity index (χ2v) is 6.11. The van der Waals surface area contributed by atoms with Crippen LogP contribution in [0.5, 0.6) is 0 Å². The van der Waals surface area contributed by atoms with E-state index in [9.17, 15) is 3.74 Å². The molecule has 14 heavy (non-hydrogen) atoms. The average molecular weight is 258 g/mol. The van der Waals surface area contributed by atoms with Crippen molar-refractivity contribution in [2.45, 2.75) is 0 Å². The Morgan fingerprint density at radius 2 is 2.14 bits per heavy atom. The minimum absolute atomic E-state index is 0.0184. The first-order valence-corrected chi connectivity index (χ1v) is 7.07. The molecule has 6 nitrogen and oxygen atoms in total. The minimum atomic E-state index is -4.84. The number of nitrogen functional groups attached to an aromatic ring is 1. The van der Waals surface area contributed by atoms with E-state index in [1.165, 1.54) is 18.2 Å². The summed E-state index contributed by atoms with van der Waals surface area (Å²) in [4.78, 5) is 3.76. The van der Waals surface area contributed by atoms with Crippen LogP contribution in [-0.2, 0) is 3.74 Å². The molecule has 2 rings (SSSR count). The van der Waals surface area contributed by atoms with Gasteiger partial charge in [0.1, 0.15) is 0 Å². The van der Waals surface area contributed by atoms with Crippen LogP contribution in [0.1, 0.15) is 0 Å². The van der Waals surface area contributed by atoms with Crippen molar-refractivity contribution in [1.82, 2.24) is 4.98 Å². The van der Waals surface area contributed by atoms with E-state index in [1.807, 2.05) is 0 Å². The molecular weight excluding hydrogens is 251 g/mol. The summed E-state index contributed by atoms with van der Waals surface area (Å²) in [5.41, 5.74) is 6.05. The Morgan fingerprint density at radius 3 is 2.79 bits per heavy atom. The van der Waals surface area contributed by atoms with Crippen LogP contribution in [0.2, 0.25) is 0 Å². The summed E-state index contributed by atoms with van der Waals surface area (Å²) in [6, 6.07) is 4.02. The van der Waals surface area contributed by atoms with Gasteiger partial charge >= 0.3 is 80.9 Å². The van der Waals surface area contributed by atoms with Gasteiger partial charge in [-0.1, -0.05) is 0 Å². The molecule has 0 aliphatic heterocycles. The van der Waals surface area contributed by atoms with Crippen molar-refractivity contribution < 1.29 is 16.3 Å². The van der Waals surface area contributed by atoms with Crippen LogP contribution in [0.25, 0.3) is 11.1 Å². The molecule has 0 aliphatic rings. The Labute approximate surface area is 81.4 Å². The van der Waals surface area contributed by atoms with E-state index in [0.717, 1.165) is 0 Å². The van der Waals surface area contributed by atoms with Crippen LogP contribution >= 0.6 is 0 Å². The molecule has 74 valence electrons. The third kappa shape index (κ3) is 1.55. The van der Waals surface area contributed by atoms with E-state index < -0.39 is 14.2 Å². The van der Waals surface area contributed by atoms with Crippen molar-refractivity contribution in [3.05, 3.63) is 18.2 Å². The summed E-state index contributed by atoms with van der Waals surface area (Å²) in [6.07, 6.45) is 0. The van der Waals surface area contributed by atoms with E-state index in [1.54, 1.807) is 0 Å². The topological polar surface area (TPSA) is 110 Å². The number of fused-ring (bicyclic) bond motifs is 1. The number of hydrogen-bond donors (Lipinski definition) is 3. The van der Waals surface area contributed by atoms with Gasteiger partial charge in [-0.2, -0.15) is 0 Å². The maximum absolute atomic E-state index is 10.9. The second kappa shape index (κ2) is 2.88. The molecule has 1 aromatic heterocycles. The molecular formula is C7H7AsN2O4. The van der Waals surface area contributed by atoms with Gasteiger partial charge in [-0.3, -0.25) is 0 Å². The number of aromatic nitrogens is 1. The Bertz CT molecular complexity index is 529. The van der Waals surface area contributed by atoms with Crippen molar-refractivity contribution in [3.8, 4) is 0 Å². The summed E-state index contributed by atoms with van der Waals surface area (Å²) in [5.74, 6) is 0. The zero-order valence-electron chi connectivity index (χ0n) is 6.91. The Balaban J connectivity index is 2.67. The van der Waals surface area contributed by atoms with Gasteiger partial charge in [0.2, 0.25) is 0 Å². The molecule has 0 bridgehead atoms. The first-order valence-electron chi connectivity index (χ1n) is 3.69. The second-order valence-electron chi connectivity index (χ2n) is 2.75. The summed E-state index contributed by atoms with van der Waals surface area (Å²) >= 11 is -4.84. The number of hydrogen-bond acceptors (Lipinski definition) is 4. The Kier molecular flexibility index (Phi) is 1.92. The van der Waals surface area contributed by atoms with Crippen molar-refractivity contribution in [3.63, 3.8) is 0 Å². The molecule has 0 radical (unpaired) electrons. The van der Waals surface area contributed by atoms with Crippen molar-refractivity contribution in [2.75, 3.05) is 5.73 Å². The van der Waals surface area contributed by atoms with Gasteiger partial charge in [-0.25, -0.2) is 0 Å². The van der Waals surface area contributed by atoms with Crippen LogP contribution in [0.15, 0.2) is 22.6 Å². The molecule has 4 N–H and O–H groups in total. The molecule has 1 aromatic carbocycles. The fourth-order valence-electron chi connectivity index (χ4n) is 1.11. The normalized spacial score (nSPS) is 12.1. The van der Waals surface area contributed by atoms with Gasteiger partial charge in [-0.05, 0) is 0 Å². The molecule has 0 spiro atoms. The zero-order valence-corrected chi connectivity index (χ0v) is 8.79. The number of oxazole rings is 1. The van der Waals surface area contributed by atoms with E-state index in [-0.39, 0.29) is 10.4 Å². The van der Waals surface area contributed by atoms with E-state index in [2.05, 4.69) is 4.98 Å². The quantitative estimate of drug-likeness (QED) is 0.564. The van der Waals surface area contributed by atoms with Gasteiger partial charge in [-0.15, -0.1) is 0 Å². The Hall–Kier alpha value is -1.23. The molecule has 0 unspecified atom stereocenters. The summed E-state index contributed by atoms with van der Waals surface area (Å²) in [5, 5.41) is 0. The zero-order chi connectivity index (χ0) is 10.3. The third-order valence-corrected chi connectivity index (χ3v) is 3.72. The molecule has 0 aliphatic carbocycles. The molecule has 0 saturated heterocycles. The SMILES string of the molecule is Nc1nc2cc([As](=O)(O)O)ccc2o1. The van der Waals surface area contributed by atoms with E-state index in [4.69, 9.17) is 18.3 Å². The molecule has 0 saturated carbocycles. The summed E-state index contributed by atoms with van der Waals surface area (Å²) < 4.78 is 33.7. The number of rotatable bonds is 1. The van der Waals surface area contributed by atoms with Crippen molar-refractivity contribution >= 4 is 35.6 Å². The standard InChI is InChI=1S/C7H7AsN2O4/c9-7-10-5-3-4(8(11,12)13)1-2-6(5)14-7/h1-3H,(H2,9,10)(H2,11,12,13). The molecule has 2 aromatic rings. The van der Waals surface area contributed by atoms with Crippen LogP contribution in [0.3, 0.4) is 0 Å². The fourth-order valence-corrected chi connectivity index (χ4v) is 2.29. The van der Waals surface area contributed by atoms with E-state index in [0.29, 0.717) is 11.1 Å².